The van der Waals surface area contributed by atoms with E-state index in [4.69, 9.17) is 22.4 Å². The van der Waals surface area contributed by atoms with Crippen LogP contribution in [0.1, 0.15) is 22.3 Å². The van der Waals surface area contributed by atoms with Gasteiger partial charge in [-0.05, 0) is 35.9 Å². The lowest BCUT2D eigenvalue weighted by atomic mass is 10.2. The number of benzene rings is 2. The number of aromatic carboxylic acids is 1. The van der Waals surface area contributed by atoms with Crippen LogP contribution in [0, 0.1) is 0 Å². The third-order valence-electron chi connectivity index (χ3n) is 3.95. The Hall–Kier alpha value is -3.17. The van der Waals surface area contributed by atoms with Gasteiger partial charge in [0.15, 0.2) is 5.17 Å². The predicted molar refractivity (Wildman–Crippen MR) is 113 cm³/mol. The molecule has 1 atom stereocenters. The molecule has 1 unspecified atom stereocenters. The molecule has 2 aromatic carbocycles. The van der Waals surface area contributed by atoms with Gasteiger partial charge in [0.05, 0.1) is 17.5 Å². The Morgan fingerprint density at radius 3 is 2.66 bits per heavy atom. The molecule has 2 amide bonds. The van der Waals surface area contributed by atoms with E-state index >= 15 is 0 Å². The van der Waals surface area contributed by atoms with Gasteiger partial charge in [0, 0.05) is 11.4 Å². The third kappa shape index (κ3) is 5.01. The van der Waals surface area contributed by atoms with Crippen molar-refractivity contribution in [2.45, 2.75) is 11.7 Å². The van der Waals surface area contributed by atoms with Crippen LogP contribution in [0.3, 0.4) is 0 Å². The van der Waals surface area contributed by atoms with Gasteiger partial charge >= 0.3 is 5.97 Å². The number of imide groups is 1. The number of nitrogens with zero attached hydrogens (tertiary/aromatic N) is 3. The Balaban J connectivity index is 1.68. The molecule has 1 fully saturated rings. The standard InChI is InChI=1S/C19H15ClN4O4S/c20-13-6-4-11(5-7-13)10-22-23-19(21)29-15-9-16(25)24(17(15)26)14-3-1-2-12(8-14)18(27)28/h1-8,10,15H,9H2,(H2,21,23)(H,27,28)/b22-10+. The number of thioether (sulfide) groups is 1. The van der Waals surface area contributed by atoms with E-state index < -0.39 is 23.0 Å². The summed E-state index contributed by atoms with van der Waals surface area (Å²) in [5.74, 6) is -2.07. The molecular formula is C19H15ClN4O4S. The summed E-state index contributed by atoms with van der Waals surface area (Å²) in [6, 6.07) is 12.6. The van der Waals surface area contributed by atoms with E-state index in [2.05, 4.69) is 10.2 Å². The summed E-state index contributed by atoms with van der Waals surface area (Å²) in [7, 11) is 0. The number of halogens is 1. The van der Waals surface area contributed by atoms with E-state index in [1.807, 2.05) is 0 Å². The predicted octanol–water partition coefficient (Wildman–Crippen LogP) is 2.75. The minimum atomic E-state index is -1.15. The van der Waals surface area contributed by atoms with E-state index in [1.54, 1.807) is 24.3 Å². The summed E-state index contributed by atoms with van der Waals surface area (Å²) in [6.07, 6.45) is 1.41. The van der Waals surface area contributed by atoms with Crippen molar-refractivity contribution in [1.29, 1.82) is 0 Å². The molecule has 0 radical (unpaired) electrons. The van der Waals surface area contributed by atoms with Gasteiger partial charge in [-0.25, -0.2) is 9.69 Å². The third-order valence-corrected chi connectivity index (χ3v) is 5.18. The fourth-order valence-corrected chi connectivity index (χ4v) is 3.56. The summed E-state index contributed by atoms with van der Waals surface area (Å²) < 4.78 is 0. The van der Waals surface area contributed by atoms with Gasteiger partial charge in [-0.1, -0.05) is 41.6 Å². The first kappa shape index (κ1) is 20.6. The molecule has 1 heterocycles. The largest absolute Gasteiger partial charge is 0.478 e. The Labute approximate surface area is 175 Å². The number of hydrogen-bond acceptors (Lipinski definition) is 6. The first-order valence-electron chi connectivity index (χ1n) is 8.34. The molecule has 10 heteroatoms. The Kier molecular flexibility index (Phi) is 6.30. The highest BCUT2D eigenvalue weighted by atomic mass is 35.5. The minimum absolute atomic E-state index is 0.0168. The normalized spacial score (nSPS) is 17.3. The number of carboxylic acid groups (broad SMARTS) is 1. The van der Waals surface area contributed by atoms with Gasteiger partial charge in [0.2, 0.25) is 11.8 Å². The van der Waals surface area contributed by atoms with E-state index in [0.717, 1.165) is 22.2 Å². The number of amides is 2. The number of anilines is 1. The Morgan fingerprint density at radius 2 is 1.97 bits per heavy atom. The van der Waals surface area contributed by atoms with Crippen LogP contribution < -0.4 is 10.6 Å². The molecular weight excluding hydrogens is 416 g/mol. The van der Waals surface area contributed by atoms with Crippen molar-refractivity contribution in [3.8, 4) is 0 Å². The molecule has 3 N–H and O–H groups in total. The topological polar surface area (TPSA) is 125 Å². The van der Waals surface area contributed by atoms with Gasteiger partial charge in [0.25, 0.3) is 0 Å². The van der Waals surface area contributed by atoms with Crippen molar-refractivity contribution in [2.75, 3.05) is 4.90 Å². The van der Waals surface area contributed by atoms with Crippen molar-refractivity contribution in [3.05, 3.63) is 64.7 Å². The highest BCUT2D eigenvalue weighted by molar-refractivity contribution is 8.14. The lowest BCUT2D eigenvalue weighted by Crippen LogP contribution is -2.32. The average molecular weight is 431 g/mol. The summed E-state index contributed by atoms with van der Waals surface area (Å²) in [5.41, 5.74) is 6.78. The van der Waals surface area contributed by atoms with Gasteiger partial charge in [-0.3, -0.25) is 9.59 Å². The number of rotatable bonds is 5. The van der Waals surface area contributed by atoms with Crippen molar-refractivity contribution in [1.82, 2.24) is 0 Å². The summed E-state index contributed by atoms with van der Waals surface area (Å²) in [5, 5.41) is 16.7. The molecule has 0 saturated carbocycles. The van der Waals surface area contributed by atoms with Gasteiger partial charge in [-0.2, -0.15) is 5.10 Å². The first-order chi connectivity index (χ1) is 13.8. The molecule has 0 bridgehead atoms. The van der Waals surface area contributed by atoms with Crippen LogP contribution in [0.15, 0.2) is 58.7 Å². The van der Waals surface area contributed by atoms with Gasteiger partial charge < -0.3 is 10.8 Å². The van der Waals surface area contributed by atoms with Crippen LogP contribution in [0.2, 0.25) is 5.02 Å². The Morgan fingerprint density at radius 1 is 1.24 bits per heavy atom. The molecule has 1 aliphatic rings. The second kappa shape index (κ2) is 8.89. The second-order valence-corrected chi connectivity index (χ2v) is 7.63. The molecule has 148 valence electrons. The SMILES string of the molecule is N/C(=N\N=C\c1ccc(Cl)cc1)SC1CC(=O)N(c2cccc(C(=O)O)c2)C1=O. The van der Waals surface area contributed by atoms with E-state index in [0.29, 0.717) is 5.02 Å². The van der Waals surface area contributed by atoms with Crippen LogP contribution in [0.5, 0.6) is 0 Å². The lowest BCUT2D eigenvalue weighted by Gasteiger charge is -2.15. The molecule has 0 spiro atoms. The quantitative estimate of drug-likeness (QED) is 0.325. The number of carboxylic acids is 1. The maximum Gasteiger partial charge on any atom is 0.335 e. The molecule has 8 nitrogen and oxygen atoms in total. The zero-order valence-corrected chi connectivity index (χ0v) is 16.4. The fourth-order valence-electron chi connectivity index (χ4n) is 2.62. The number of nitrogens with two attached hydrogens (primary N) is 1. The highest BCUT2D eigenvalue weighted by Gasteiger charge is 2.40. The molecule has 1 aliphatic heterocycles. The van der Waals surface area contributed by atoms with Crippen LogP contribution in [0.25, 0.3) is 0 Å². The fraction of sp³-hybridized carbons (Fsp3) is 0.105. The van der Waals surface area contributed by atoms with E-state index in [1.165, 1.54) is 30.5 Å². The Bertz CT molecular complexity index is 1020. The lowest BCUT2D eigenvalue weighted by molar-refractivity contribution is -0.121. The van der Waals surface area contributed by atoms with Crippen LogP contribution >= 0.6 is 23.4 Å². The van der Waals surface area contributed by atoms with Crippen molar-refractivity contribution < 1.29 is 19.5 Å². The maximum atomic E-state index is 12.6. The molecule has 3 rings (SSSR count). The van der Waals surface area contributed by atoms with Crippen LogP contribution in [-0.2, 0) is 9.59 Å². The molecule has 0 aromatic heterocycles. The second-order valence-electron chi connectivity index (χ2n) is 5.97. The molecule has 29 heavy (non-hydrogen) atoms. The van der Waals surface area contributed by atoms with Crippen molar-refractivity contribution in [2.24, 2.45) is 15.9 Å². The smallest absolute Gasteiger partial charge is 0.335 e. The number of carbonyl (C=O) groups excluding carboxylic acids is 2. The van der Waals surface area contributed by atoms with Crippen molar-refractivity contribution in [3.63, 3.8) is 0 Å². The van der Waals surface area contributed by atoms with E-state index in [-0.39, 0.29) is 22.8 Å². The van der Waals surface area contributed by atoms with Gasteiger partial charge in [-0.15, -0.1) is 5.10 Å². The number of amidine groups is 1. The number of hydrogen-bond donors (Lipinski definition) is 2. The van der Waals surface area contributed by atoms with Crippen LogP contribution in [-0.4, -0.2) is 39.5 Å². The maximum absolute atomic E-state index is 12.6. The average Bonchev–Trinajstić information content (AvgIpc) is 2.96. The monoisotopic (exact) mass is 430 g/mol. The molecule has 1 saturated heterocycles. The zero-order chi connectivity index (χ0) is 21.0. The zero-order valence-electron chi connectivity index (χ0n) is 14.9. The minimum Gasteiger partial charge on any atom is -0.478 e. The summed E-state index contributed by atoms with van der Waals surface area (Å²) in [6.45, 7) is 0. The van der Waals surface area contributed by atoms with E-state index in [9.17, 15) is 14.4 Å². The molecule has 2 aromatic rings. The van der Waals surface area contributed by atoms with Crippen LogP contribution in [0.4, 0.5) is 5.69 Å². The van der Waals surface area contributed by atoms with Crippen molar-refractivity contribution >= 4 is 58.2 Å². The number of carbonyl (C=O) groups is 3. The summed E-state index contributed by atoms with van der Waals surface area (Å²) in [4.78, 5) is 37.0. The first-order valence-corrected chi connectivity index (χ1v) is 9.60. The summed E-state index contributed by atoms with van der Waals surface area (Å²) >= 11 is 6.74. The molecule has 0 aliphatic carbocycles. The highest BCUT2D eigenvalue weighted by Crippen LogP contribution is 2.30. The van der Waals surface area contributed by atoms with Gasteiger partial charge in [0.1, 0.15) is 5.25 Å².